The summed E-state index contributed by atoms with van der Waals surface area (Å²) in [5.74, 6) is 2.29. The molecule has 1 aliphatic carbocycles. The number of hydrogen-bond acceptors (Lipinski definition) is 6. The molecule has 8 heteroatoms. The smallest absolute Gasteiger partial charge is 0.263 e. The topological polar surface area (TPSA) is 76.9 Å². The molecule has 32 heavy (non-hydrogen) atoms. The van der Waals surface area contributed by atoms with Crippen LogP contribution in [-0.4, -0.2) is 59.8 Å². The van der Waals surface area contributed by atoms with Crippen molar-refractivity contribution in [2.45, 2.75) is 38.6 Å². The van der Waals surface area contributed by atoms with Gasteiger partial charge in [-0.1, -0.05) is 25.3 Å². The maximum absolute atomic E-state index is 13.3. The number of fused-ring (bicyclic) bond motifs is 2. The van der Waals surface area contributed by atoms with Gasteiger partial charge in [0.25, 0.3) is 5.56 Å². The molecule has 1 amide bonds. The van der Waals surface area contributed by atoms with Crippen LogP contribution in [0.3, 0.4) is 0 Å². The number of carbonyl (C=O) groups excluding carboxylic acids is 1. The maximum atomic E-state index is 13.3. The van der Waals surface area contributed by atoms with Crippen molar-refractivity contribution in [3.05, 3.63) is 35.1 Å². The van der Waals surface area contributed by atoms with E-state index in [0.717, 1.165) is 25.7 Å². The number of aromatic nitrogens is 2. The van der Waals surface area contributed by atoms with Crippen molar-refractivity contribution in [2.24, 2.45) is 5.92 Å². The lowest BCUT2D eigenvalue weighted by Gasteiger charge is -2.38. The SMILES string of the molecule is C=CCn1c(N2CCN(C(=O)C3CCCCC3)CC2)nc2cc3c(cc2c1=O)OCCO3. The standard InChI is InChI=1S/C24H30N4O4/c1-2-8-28-23(30)18-15-20-21(32-14-13-31-20)16-19(18)25-24(28)27-11-9-26(10-12-27)22(29)17-6-4-3-5-7-17/h2,15-17H,1,3-14H2. The van der Waals surface area contributed by atoms with Crippen molar-refractivity contribution < 1.29 is 14.3 Å². The number of amides is 1. The van der Waals surface area contributed by atoms with Crippen molar-refractivity contribution in [3.63, 3.8) is 0 Å². The zero-order valence-electron chi connectivity index (χ0n) is 18.4. The van der Waals surface area contributed by atoms with E-state index in [-0.39, 0.29) is 11.5 Å². The monoisotopic (exact) mass is 438 g/mol. The van der Waals surface area contributed by atoms with Gasteiger partial charge in [-0.2, -0.15) is 0 Å². The molecular weight excluding hydrogens is 408 g/mol. The summed E-state index contributed by atoms with van der Waals surface area (Å²) in [6.07, 6.45) is 7.29. The molecule has 2 aromatic rings. The van der Waals surface area contributed by atoms with Crippen LogP contribution < -0.4 is 19.9 Å². The molecule has 1 saturated heterocycles. The summed E-state index contributed by atoms with van der Waals surface area (Å²) >= 11 is 0. The first-order valence-electron chi connectivity index (χ1n) is 11.6. The summed E-state index contributed by atoms with van der Waals surface area (Å²) < 4.78 is 13.0. The molecule has 1 saturated carbocycles. The summed E-state index contributed by atoms with van der Waals surface area (Å²) in [4.78, 5) is 35.2. The van der Waals surface area contributed by atoms with Gasteiger partial charge in [0.15, 0.2) is 11.5 Å². The summed E-state index contributed by atoms with van der Waals surface area (Å²) in [6.45, 7) is 7.74. The van der Waals surface area contributed by atoms with E-state index in [1.165, 1.54) is 6.42 Å². The van der Waals surface area contributed by atoms with Crippen LogP contribution in [-0.2, 0) is 11.3 Å². The second-order valence-electron chi connectivity index (χ2n) is 8.78. The van der Waals surface area contributed by atoms with Gasteiger partial charge >= 0.3 is 0 Å². The molecular formula is C24H30N4O4. The van der Waals surface area contributed by atoms with Gasteiger partial charge in [0.1, 0.15) is 13.2 Å². The normalized spacial score (nSPS) is 19.2. The Bertz CT molecular complexity index is 1080. The Morgan fingerprint density at radius 3 is 2.44 bits per heavy atom. The first-order valence-corrected chi connectivity index (χ1v) is 11.6. The number of allylic oxidation sites excluding steroid dienone is 1. The Kier molecular flexibility index (Phi) is 5.76. The van der Waals surface area contributed by atoms with Gasteiger partial charge in [-0.05, 0) is 18.9 Å². The minimum absolute atomic E-state index is 0.123. The van der Waals surface area contributed by atoms with Crippen molar-refractivity contribution in [3.8, 4) is 11.5 Å². The molecule has 170 valence electrons. The van der Waals surface area contributed by atoms with Gasteiger partial charge in [0.2, 0.25) is 11.9 Å². The predicted molar refractivity (Wildman–Crippen MR) is 123 cm³/mol. The molecule has 3 aliphatic rings. The lowest BCUT2D eigenvalue weighted by molar-refractivity contribution is -0.136. The van der Waals surface area contributed by atoms with Crippen molar-refractivity contribution >= 4 is 22.8 Å². The van der Waals surface area contributed by atoms with E-state index in [4.69, 9.17) is 14.5 Å². The van der Waals surface area contributed by atoms with Gasteiger partial charge in [0, 0.05) is 44.7 Å². The molecule has 8 nitrogen and oxygen atoms in total. The summed E-state index contributed by atoms with van der Waals surface area (Å²) in [6, 6.07) is 3.51. The lowest BCUT2D eigenvalue weighted by atomic mass is 9.88. The molecule has 2 aliphatic heterocycles. The summed E-state index contributed by atoms with van der Waals surface area (Å²) in [5.41, 5.74) is 0.470. The van der Waals surface area contributed by atoms with Crippen LogP contribution in [0.15, 0.2) is 29.6 Å². The summed E-state index contributed by atoms with van der Waals surface area (Å²) in [7, 11) is 0. The molecule has 0 atom stereocenters. The number of anilines is 1. The Labute approximate surface area is 187 Å². The molecule has 0 unspecified atom stereocenters. The molecule has 0 bridgehead atoms. The predicted octanol–water partition coefficient (Wildman–Crippen LogP) is 2.58. The third kappa shape index (κ3) is 3.82. The van der Waals surface area contributed by atoms with Crippen LogP contribution in [0.5, 0.6) is 11.5 Å². The Balaban J connectivity index is 1.42. The fourth-order valence-corrected chi connectivity index (χ4v) is 5.02. The third-order valence-electron chi connectivity index (χ3n) is 6.74. The minimum atomic E-state index is -0.123. The largest absolute Gasteiger partial charge is 0.486 e. The highest BCUT2D eigenvalue weighted by Gasteiger charge is 2.30. The van der Waals surface area contributed by atoms with E-state index in [0.29, 0.717) is 80.2 Å². The highest BCUT2D eigenvalue weighted by molar-refractivity contribution is 5.83. The van der Waals surface area contributed by atoms with Crippen LogP contribution in [0.2, 0.25) is 0 Å². The highest BCUT2D eigenvalue weighted by Crippen LogP contribution is 2.33. The van der Waals surface area contributed by atoms with Crippen LogP contribution in [0.1, 0.15) is 32.1 Å². The van der Waals surface area contributed by atoms with Crippen LogP contribution in [0, 0.1) is 5.92 Å². The van der Waals surface area contributed by atoms with Gasteiger partial charge in [-0.3, -0.25) is 14.2 Å². The van der Waals surface area contributed by atoms with Gasteiger partial charge in [-0.25, -0.2) is 4.98 Å². The van der Waals surface area contributed by atoms with Crippen LogP contribution in [0.4, 0.5) is 5.95 Å². The fraction of sp³-hybridized carbons (Fsp3) is 0.542. The van der Waals surface area contributed by atoms with Crippen LogP contribution >= 0.6 is 0 Å². The number of carbonyl (C=O) groups is 1. The van der Waals surface area contributed by atoms with Crippen molar-refractivity contribution in [2.75, 3.05) is 44.3 Å². The Hall–Kier alpha value is -3.03. The Morgan fingerprint density at radius 1 is 1.06 bits per heavy atom. The van der Waals surface area contributed by atoms with E-state index in [2.05, 4.69) is 11.5 Å². The molecule has 2 fully saturated rings. The first kappa shape index (κ1) is 20.8. The molecule has 3 heterocycles. The number of benzene rings is 1. The van der Waals surface area contributed by atoms with Crippen molar-refractivity contribution in [1.82, 2.24) is 14.5 Å². The molecule has 1 aromatic heterocycles. The number of ether oxygens (including phenoxy) is 2. The number of nitrogens with zero attached hydrogens (tertiary/aromatic N) is 4. The van der Waals surface area contributed by atoms with Crippen LogP contribution in [0.25, 0.3) is 10.9 Å². The molecule has 0 radical (unpaired) electrons. The quantitative estimate of drug-likeness (QED) is 0.683. The maximum Gasteiger partial charge on any atom is 0.263 e. The van der Waals surface area contributed by atoms with Gasteiger partial charge < -0.3 is 19.3 Å². The summed E-state index contributed by atoms with van der Waals surface area (Å²) in [5, 5.41) is 0.506. The highest BCUT2D eigenvalue weighted by atomic mass is 16.6. The van der Waals surface area contributed by atoms with E-state index >= 15 is 0 Å². The molecule has 1 aromatic carbocycles. The third-order valence-corrected chi connectivity index (χ3v) is 6.74. The second kappa shape index (κ2) is 8.84. The zero-order chi connectivity index (χ0) is 22.1. The average Bonchev–Trinajstić information content (AvgIpc) is 2.85. The number of piperazine rings is 1. The van der Waals surface area contributed by atoms with E-state index in [1.54, 1.807) is 22.8 Å². The molecule has 0 spiro atoms. The average molecular weight is 439 g/mol. The lowest BCUT2D eigenvalue weighted by Crippen LogP contribution is -2.51. The number of rotatable bonds is 4. The fourth-order valence-electron chi connectivity index (χ4n) is 5.02. The Morgan fingerprint density at radius 2 is 1.75 bits per heavy atom. The molecule has 5 rings (SSSR count). The van der Waals surface area contributed by atoms with E-state index in [9.17, 15) is 9.59 Å². The van der Waals surface area contributed by atoms with E-state index in [1.807, 2.05) is 4.90 Å². The molecule has 0 N–H and O–H groups in total. The van der Waals surface area contributed by atoms with Gasteiger partial charge in [-0.15, -0.1) is 6.58 Å². The number of hydrogen-bond donors (Lipinski definition) is 0. The van der Waals surface area contributed by atoms with Crippen molar-refractivity contribution in [1.29, 1.82) is 0 Å². The van der Waals surface area contributed by atoms with E-state index < -0.39 is 0 Å². The first-order chi connectivity index (χ1) is 15.7. The minimum Gasteiger partial charge on any atom is -0.486 e. The zero-order valence-corrected chi connectivity index (χ0v) is 18.4. The van der Waals surface area contributed by atoms with Gasteiger partial charge in [0.05, 0.1) is 10.9 Å². The second-order valence-corrected chi connectivity index (χ2v) is 8.78.